The average molecular weight is 455 g/mol. The zero-order chi connectivity index (χ0) is 21.4. The van der Waals surface area contributed by atoms with Gasteiger partial charge in [0, 0.05) is 22.7 Å². The second-order valence-electron chi connectivity index (χ2n) is 7.91. The van der Waals surface area contributed by atoms with E-state index in [-0.39, 0.29) is 23.5 Å². The van der Waals surface area contributed by atoms with Gasteiger partial charge in [-0.1, -0.05) is 43.0 Å². The summed E-state index contributed by atoms with van der Waals surface area (Å²) in [6.07, 6.45) is 3.00. The maximum Gasteiger partial charge on any atom is 0.237 e. The van der Waals surface area contributed by atoms with E-state index in [1.807, 2.05) is 39.4 Å². The van der Waals surface area contributed by atoms with Crippen molar-refractivity contribution in [3.8, 4) is 11.4 Å². The van der Waals surface area contributed by atoms with Crippen molar-refractivity contribution in [2.24, 2.45) is 0 Å². The van der Waals surface area contributed by atoms with E-state index in [1.165, 1.54) is 17.8 Å². The number of benzene rings is 2. The summed E-state index contributed by atoms with van der Waals surface area (Å²) in [5.41, 5.74) is 1.44. The van der Waals surface area contributed by atoms with Gasteiger partial charge < -0.3 is 4.90 Å². The highest BCUT2D eigenvalue weighted by molar-refractivity contribution is 8.00. The number of amides is 1. The molecule has 0 bridgehead atoms. The number of anilines is 1. The van der Waals surface area contributed by atoms with Crippen LogP contribution in [0.1, 0.15) is 32.2 Å². The number of thioether (sulfide) groups is 2. The molecule has 1 saturated carbocycles. The minimum Gasteiger partial charge on any atom is -0.311 e. The first-order valence-electron chi connectivity index (χ1n) is 10.5. The number of nitrogens with zero attached hydrogens (tertiary/aromatic N) is 4. The predicted molar refractivity (Wildman–Crippen MR) is 123 cm³/mol. The number of fused-ring (bicyclic) bond motifs is 1. The van der Waals surface area contributed by atoms with Gasteiger partial charge in [-0.15, -0.1) is 22.0 Å². The fourth-order valence-electron chi connectivity index (χ4n) is 3.81. The summed E-state index contributed by atoms with van der Waals surface area (Å²) in [6.45, 7) is 2.91. The summed E-state index contributed by atoms with van der Waals surface area (Å²) >= 11 is 3.21. The molecule has 3 aromatic rings. The topological polar surface area (TPSA) is 51.0 Å². The minimum atomic E-state index is -0.308. The number of carbonyl (C=O) groups excluding carboxylic acids is 1. The number of hydrogen-bond acceptors (Lipinski definition) is 5. The van der Waals surface area contributed by atoms with Crippen LogP contribution in [0, 0.1) is 5.82 Å². The Kier molecular flexibility index (Phi) is 5.75. The Hall–Kier alpha value is -2.32. The summed E-state index contributed by atoms with van der Waals surface area (Å²) < 4.78 is 16.4. The zero-order valence-corrected chi connectivity index (χ0v) is 18.8. The Labute approximate surface area is 189 Å². The molecular weight excluding hydrogens is 431 g/mol. The lowest BCUT2D eigenvalue weighted by atomic mass is 10.2. The quantitative estimate of drug-likeness (QED) is 0.481. The van der Waals surface area contributed by atoms with Crippen LogP contribution in [0.4, 0.5) is 10.1 Å². The molecule has 0 radical (unpaired) electrons. The first-order valence-corrected chi connectivity index (χ1v) is 12.4. The van der Waals surface area contributed by atoms with E-state index in [0.29, 0.717) is 28.3 Å². The van der Waals surface area contributed by atoms with Crippen molar-refractivity contribution < 1.29 is 9.18 Å². The SMILES string of the molecule is CC1CCN(C(=O)CSc2nnc(-c3ccccc3F)n2C2CC2)c2ccccc2S1. The minimum absolute atomic E-state index is 0.0601. The molecule has 160 valence electrons. The van der Waals surface area contributed by atoms with E-state index >= 15 is 0 Å². The van der Waals surface area contributed by atoms with Gasteiger partial charge >= 0.3 is 0 Å². The van der Waals surface area contributed by atoms with Crippen LogP contribution in [0.25, 0.3) is 11.4 Å². The van der Waals surface area contributed by atoms with Crippen LogP contribution in [0.5, 0.6) is 0 Å². The van der Waals surface area contributed by atoms with Gasteiger partial charge in [0.25, 0.3) is 0 Å². The first-order chi connectivity index (χ1) is 15.1. The highest BCUT2D eigenvalue weighted by atomic mass is 32.2. The Balaban J connectivity index is 1.37. The molecule has 1 aliphatic carbocycles. The van der Waals surface area contributed by atoms with E-state index in [0.717, 1.165) is 29.8 Å². The largest absolute Gasteiger partial charge is 0.311 e. The predicted octanol–water partition coefficient (Wildman–Crippen LogP) is 5.43. The third kappa shape index (κ3) is 4.23. The van der Waals surface area contributed by atoms with Crippen LogP contribution in [0.15, 0.2) is 58.6 Å². The van der Waals surface area contributed by atoms with E-state index in [1.54, 1.807) is 18.2 Å². The number of aromatic nitrogens is 3. The van der Waals surface area contributed by atoms with Crippen LogP contribution in [-0.2, 0) is 4.79 Å². The number of halogens is 1. The number of para-hydroxylation sites is 1. The first kappa shape index (κ1) is 20.6. The van der Waals surface area contributed by atoms with Crippen molar-refractivity contribution in [1.29, 1.82) is 0 Å². The third-order valence-electron chi connectivity index (χ3n) is 5.56. The molecule has 5 nitrogen and oxygen atoms in total. The van der Waals surface area contributed by atoms with Gasteiger partial charge in [-0.2, -0.15) is 0 Å². The molecule has 31 heavy (non-hydrogen) atoms. The van der Waals surface area contributed by atoms with E-state index < -0.39 is 0 Å². The smallest absolute Gasteiger partial charge is 0.237 e. The molecule has 5 rings (SSSR count). The van der Waals surface area contributed by atoms with Gasteiger partial charge in [-0.25, -0.2) is 4.39 Å². The normalized spacial score (nSPS) is 18.5. The van der Waals surface area contributed by atoms with Crippen molar-refractivity contribution in [3.05, 3.63) is 54.3 Å². The monoisotopic (exact) mass is 454 g/mol. The van der Waals surface area contributed by atoms with E-state index in [4.69, 9.17) is 0 Å². The van der Waals surface area contributed by atoms with Crippen molar-refractivity contribution in [2.75, 3.05) is 17.2 Å². The van der Waals surface area contributed by atoms with E-state index in [2.05, 4.69) is 23.2 Å². The maximum atomic E-state index is 14.4. The Morgan fingerprint density at radius 1 is 1.13 bits per heavy atom. The molecule has 8 heteroatoms. The van der Waals surface area contributed by atoms with Gasteiger partial charge in [-0.05, 0) is 43.5 Å². The number of rotatable bonds is 5. The molecule has 0 N–H and O–H groups in total. The molecule has 0 saturated heterocycles. The van der Waals surface area contributed by atoms with Crippen molar-refractivity contribution in [3.63, 3.8) is 0 Å². The summed E-state index contributed by atoms with van der Waals surface area (Å²) in [7, 11) is 0. The second kappa shape index (κ2) is 8.67. The van der Waals surface area contributed by atoms with Crippen LogP contribution in [0.3, 0.4) is 0 Å². The molecule has 2 aromatic carbocycles. The molecule has 1 aromatic heterocycles. The van der Waals surface area contributed by atoms with Gasteiger partial charge in [0.15, 0.2) is 11.0 Å². The summed E-state index contributed by atoms with van der Waals surface area (Å²) in [5, 5.41) is 9.75. The third-order valence-corrected chi connectivity index (χ3v) is 7.73. The maximum absolute atomic E-state index is 14.4. The summed E-state index contributed by atoms with van der Waals surface area (Å²) in [6, 6.07) is 15.0. The Morgan fingerprint density at radius 2 is 1.90 bits per heavy atom. The number of hydrogen-bond donors (Lipinski definition) is 0. The lowest BCUT2D eigenvalue weighted by molar-refractivity contribution is -0.116. The molecular formula is C23H23FN4OS2. The average Bonchev–Trinajstić information content (AvgIpc) is 3.55. The van der Waals surface area contributed by atoms with Crippen LogP contribution in [0.2, 0.25) is 0 Å². The molecule has 1 aliphatic heterocycles. The zero-order valence-electron chi connectivity index (χ0n) is 17.2. The van der Waals surface area contributed by atoms with Gasteiger partial charge in [0.1, 0.15) is 5.82 Å². The summed E-state index contributed by atoms with van der Waals surface area (Å²) in [5.74, 6) is 0.568. The Morgan fingerprint density at radius 3 is 2.71 bits per heavy atom. The van der Waals surface area contributed by atoms with Crippen molar-refractivity contribution >= 4 is 35.1 Å². The van der Waals surface area contributed by atoms with Crippen molar-refractivity contribution in [2.45, 2.75) is 47.5 Å². The fraction of sp³-hybridized carbons (Fsp3) is 0.348. The fourth-order valence-corrected chi connectivity index (χ4v) is 5.81. The van der Waals surface area contributed by atoms with Crippen LogP contribution < -0.4 is 4.90 Å². The molecule has 1 amide bonds. The second-order valence-corrected chi connectivity index (χ2v) is 10.3. The molecule has 2 aliphatic rings. The van der Waals surface area contributed by atoms with Gasteiger partial charge in [0.2, 0.25) is 5.91 Å². The molecule has 1 unspecified atom stereocenters. The molecule has 1 fully saturated rings. The van der Waals surface area contributed by atoms with Gasteiger partial charge in [0.05, 0.1) is 17.0 Å². The Bertz CT molecular complexity index is 1110. The number of carbonyl (C=O) groups is 1. The highest BCUT2D eigenvalue weighted by Gasteiger charge is 2.32. The van der Waals surface area contributed by atoms with E-state index in [9.17, 15) is 9.18 Å². The summed E-state index contributed by atoms with van der Waals surface area (Å²) in [4.78, 5) is 16.2. The molecule has 1 atom stereocenters. The van der Waals surface area contributed by atoms with Gasteiger partial charge in [-0.3, -0.25) is 9.36 Å². The lowest BCUT2D eigenvalue weighted by Crippen LogP contribution is -2.33. The lowest BCUT2D eigenvalue weighted by Gasteiger charge is -2.22. The van der Waals surface area contributed by atoms with Crippen LogP contribution in [-0.4, -0.2) is 38.2 Å². The van der Waals surface area contributed by atoms with Crippen LogP contribution >= 0.6 is 23.5 Å². The van der Waals surface area contributed by atoms with Crippen molar-refractivity contribution in [1.82, 2.24) is 14.8 Å². The highest BCUT2D eigenvalue weighted by Crippen LogP contribution is 2.42. The molecule has 2 heterocycles. The standard InChI is InChI=1S/C23H23FN4OS2/c1-15-12-13-27(19-8-4-5-9-20(19)31-15)21(29)14-30-23-26-25-22(28(23)16-10-11-16)17-6-2-3-7-18(17)24/h2-9,15-16H,10-14H2,1H3. The molecule has 0 spiro atoms.